The Morgan fingerprint density at radius 3 is 2.42 bits per heavy atom. The van der Waals surface area contributed by atoms with Gasteiger partial charge in [0.25, 0.3) is 0 Å². The minimum absolute atomic E-state index is 0.0689. The third kappa shape index (κ3) is 3.04. The van der Waals surface area contributed by atoms with Gasteiger partial charge in [-0.3, -0.25) is 0 Å². The molecule has 0 saturated carbocycles. The molecule has 1 aromatic heterocycles. The first-order valence-electron chi connectivity index (χ1n) is 5.74. The van der Waals surface area contributed by atoms with Gasteiger partial charge in [-0.05, 0) is 11.6 Å². The van der Waals surface area contributed by atoms with Crippen LogP contribution in [-0.2, 0) is 0 Å². The summed E-state index contributed by atoms with van der Waals surface area (Å²) in [5, 5.41) is 0. The molecular weight excluding hydrogens is 244 g/mol. The van der Waals surface area contributed by atoms with E-state index < -0.39 is 5.63 Å². The van der Waals surface area contributed by atoms with E-state index >= 15 is 0 Å². The Morgan fingerprint density at radius 2 is 1.79 bits per heavy atom. The molecule has 0 aliphatic rings. The van der Waals surface area contributed by atoms with Crippen LogP contribution >= 0.6 is 0 Å². The monoisotopic (exact) mass is 258 g/mol. The molecule has 0 bridgehead atoms. The van der Waals surface area contributed by atoms with Gasteiger partial charge in [0.05, 0.1) is 14.2 Å². The van der Waals surface area contributed by atoms with Crippen LogP contribution in [0.15, 0.2) is 45.6 Å². The zero-order valence-electron chi connectivity index (χ0n) is 10.8. The summed E-state index contributed by atoms with van der Waals surface area (Å²) < 4.78 is 15.1. The van der Waals surface area contributed by atoms with Crippen LogP contribution in [-0.4, -0.2) is 14.2 Å². The van der Waals surface area contributed by atoms with Crippen molar-refractivity contribution in [1.29, 1.82) is 0 Å². The fraction of sp³-hybridized carbons (Fsp3) is 0.133. The van der Waals surface area contributed by atoms with Crippen molar-refractivity contribution in [3.63, 3.8) is 0 Å². The zero-order valence-corrected chi connectivity index (χ0v) is 10.8. The predicted octanol–water partition coefficient (Wildman–Crippen LogP) is 2.83. The first-order valence-corrected chi connectivity index (χ1v) is 5.74. The van der Waals surface area contributed by atoms with Crippen LogP contribution < -0.4 is 15.1 Å². The molecule has 0 aliphatic heterocycles. The summed E-state index contributed by atoms with van der Waals surface area (Å²) in [6.45, 7) is 0. The van der Waals surface area contributed by atoms with Crippen molar-refractivity contribution in [3.8, 4) is 11.5 Å². The lowest BCUT2D eigenvalue weighted by Crippen LogP contribution is -2.06. The molecule has 0 spiro atoms. The number of rotatable bonds is 4. The summed E-state index contributed by atoms with van der Waals surface area (Å²) in [7, 11) is 2.87. The Labute approximate surface area is 110 Å². The van der Waals surface area contributed by atoms with Crippen molar-refractivity contribution in [1.82, 2.24) is 0 Å². The van der Waals surface area contributed by atoms with Crippen LogP contribution in [0.5, 0.6) is 11.5 Å². The van der Waals surface area contributed by atoms with Gasteiger partial charge in [0.2, 0.25) is 5.75 Å². The number of benzene rings is 1. The lowest BCUT2D eigenvalue weighted by atomic mass is 10.2. The van der Waals surface area contributed by atoms with Crippen molar-refractivity contribution < 1.29 is 13.9 Å². The lowest BCUT2D eigenvalue weighted by Gasteiger charge is -2.05. The van der Waals surface area contributed by atoms with Crippen LogP contribution in [0.3, 0.4) is 0 Å². The van der Waals surface area contributed by atoms with Gasteiger partial charge in [-0.15, -0.1) is 0 Å². The molecule has 0 fully saturated rings. The summed E-state index contributed by atoms with van der Waals surface area (Å²) in [5.41, 5.74) is 0.453. The highest BCUT2D eigenvalue weighted by Crippen LogP contribution is 2.24. The molecule has 2 aromatic rings. The van der Waals surface area contributed by atoms with Crippen molar-refractivity contribution in [2.24, 2.45) is 0 Å². The minimum Gasteiger partial charge on any atom is -0.492 e. The maximum absolute atomic E-state index is 11.7. The number of ether oxygens (including phenoxy) is 2. The maximum Gasteiger partial charge on any atom is 0.383 e. The topological polar surface area (TPSA) is 48.7 Å². The third-order valence-corrected chi connectivity index (χ3v) is 2.56. The molecule has 0 radical (unpaired) electrons. The first-order chi connectivity index (χ1) is 9.24. The van der Waals surface area contributed by atoms with Gasteiger partial charge in [0.1, 0.15) is 5.76 Å². The SMILES string of the molecule is COc1cc(/C=C/c2ccccc2)oc(=O)c1OC. The Bertz CT molecular complexity index is 626. The second-order valence-corrected chi connectivity index (χ2v) is 3.78. The largest absolute Gasteiger partial charge is 0.492 e. The normalized spacial score (nSPS) is 10.6. The molecule has 19 heavy (non-hydrogen) atoms. The van der Waals surface area contributed by atoms with Crippen molar-refractivity contribution in [3.05, 3.63) is 58.1 Å². The van der Waals surface area contributed by atoms with E-state index in [4.69, 9.17) is 13.9 Å². The van der Waals surface area contributed by atoms with E-state index in [1.807, 2.05) is 36.4 Å². The molecule has 98 valence electrons. The Balaban J connectivity index is 2.34. The highest BCUT2D eigenvalue weighted by molar-refractivity contribution is 5.68. The number of methoxy groups -OCH3 is 2. The first kappa shape index (κ1) is 13.0. The van der Waals surface area contributed by atoms with Crippen LogP contribution in [0.4, 0.5) is 0 Å². The van der Waals surface area contributed by atoms with Gasteiger partial charge >= 0.3 is 5.63 Å². The molecule has 0 amide bonds. The van der Waals surface area contributed by atoms with E-state index in [-0.39, 0.29) is 5.75 Å². The fourth-order valence-electron chi connectivity index (χ4n) is 1.64. The minimum atomic E-state index is -0.561. The molecule has 1 heterocycles. The summed E-state index contributed by atoms with van der Waals surface area (Å²) >= 11 is 0. The predicted molar refractivity (Wildman–Crippen MR) is 73.5 cm³/mol. The quantitative estimate of drug-likeness (QED) is 0.846. The van der Waals surface area contributed by atoms with Crippen LogP contribution in [0.1, 0.15) is 11.3 Å². The fourth-order valence-corrected chi connectivity index (χ4v) is 1.64. The van der Waals surface area contributed by atoms with Gasteiger partial charge in [-0.25, -0.2) is 4.79 Å². The second-order valence-electron chi connectivity index (χ2n) is 3.78. The van der Waals surface area contributed by atoms with E-state index in [1.165, 1.54) is 14.2 Å². The summed E-state index contributed by atoms with van der Waals surface area (Å²) in [6, 6.07) is 11.3. The van der Waals surface area contributed by atoms with Gasteiger partial charge in [-0.2, -0.15) is 0 Å². The van der Waals surface area contributed by atoms with Crippen LogP contribution in [0.25, 0.3) is 12.2 Å². The average Bonchev–Trinajstić information content (AvgIpc) is 2.45. The molecule has 1 aromatic carbocycles. The van der Waals surface area contributed by atoms with E-state index in [2.05, 4.69) is 0 Å². The lowest BCUT2D eigenvalue weighted by molar-refractivity contribution is 0.327. The molecule has 4 nitrogen and oxygen atoms in total. The highest BCUT2D eigenvalue weighted by Gasteiger charge is 2.11. The van der Waals surface area contributed by atoms with Crippen LogP contribution in [0, 0.1) is 0 Å². The molecule has 0 saturated heterocycles. The molecule has 0 atom stereocenters. The van der Waals surface area contributed by atoms with Crippen LogP contribution in [0.2, 0.25) is 0 Å². The van der Waals surface area contributed by atoms with Crippen molar-refractivity contribution in [2.75, 3.05) is 14.2 Å². The average molecular weight is 258 g/mol. The van der Waals surface area contributed by atoms with Gasteiger partial charge in [0, 0.05) is 6.07 Å². The standard InChI is InChI=1S/C15H14O4/c1-17-13-10-12(19-15(16)14(13)18-2)9-8-11-6-4-3-5-7-11/h3-10H,1-2H3/b9-8+. The van der Waals surface area contributed by atoms with Gasteiger partial charge < -0.3 is 13.9 Å². The Kier molecular flexibility index (Phi) is 4.03. The Morgan fingerprint density at radius 1 is 1.05 bits per heavy atom. The summed E-state index contributed by atoms with van der Waals surface area (Å²) in [4.78, 5) is 11.7. The van der Waals surface area contributed by atoms with Gasteiger partial charge in [-0.1, -0.05) is 36.4 Å². The molecule has 0 N–H and O–H groups in total. The smallest absolute Gasteiger partial charge is 0.383 e. The van der Waals surface area contributed by atoms with E-state index in [0.717, 1.165) is 5.56 Å². The molecular formula is C15H14O4. The van der Waals surface area contributed by atoms with Crippen molar-refractivity contribution >= 4 is 12.2 Å². The molecule has 4 heteroatoms. The summed E-state index contributed by atoms with van der Waals surface area (Å²) in [6.07, 6.45) is 3.56. The van der Waals surface area contributed by atoms with Gasteiger partial charge in [0.15, 0.2) is 5.75 Å². The summed E-state index contributed by atoms with van der Waals surface area (Å²) in [5.74, 6) is 0.831. The second kappa shape index (κ2) is 5.91. The van der Waals surface area contributed by atoms with E-state index in [9.17, 15) is 4.79 Å². The molecule has 2 rings (SSSR count). The maximum atomic E-state index is 11.7. The third-order valence-electron chi connectivity index (χ3n) is 2.56. The Hall–Kier alpha value is -2.49. The van der Waals surface area contributed by atoms with E-state index in [0.29, 0.717) is 11.5 Å². The van der Waals surface area contributed by atoms with E-state index in [1.54, 1.807) is 12.1 Å². The zero-order chi connectivity index (χ0) is 13.7. The number of hydrogen-bond acceptors (Lipinski definition) is 4. The number of hydrogen-bond donors (Lipinski definition) is 0. The molecule has 0 unspecified atom stereocenters. The highest BCUT2D eigenvalue weighted by atomic mass is 16.5. The van der Waals surface area contributed by atoms with Crippen molar-refractivity contribution in [2.45, 2.75) is 0 Å². The molecule has 0 aliphatic carbocycles.